The van der Waals surface area contributed by atoms with Crippen molar-refractivity contribution in [3.8, 4) is 5.75 Å². The lowest BCUT2D eigenvalue weighted by Gasteiger charge is -2.17. The molecule has 3 aromatic rings. The molecule has 1 aliphatic heterocycles. The smallest absolute Gasteiger partial charge is 0.344 e. The van der Waals surface area contributed by atoms with Crippen LogP contribution in [0, 0.1) is 6.92 Å². The lowest BCUT2D eigenvalue weighted by atomic mass is 10.1. The van der Waals surface area contributed by atoms with Crippen LogP contribution in [0.25, 0.3) is 16.3 Å². The molecule has 3 nitrogen and oxygen atoms in total. The first-order valence-electron chi connectivity index (χ1n) is 7.90. The van der Waals surface area contributed by atoms with Crippen molar-refractivity contribution in [2.75, 3.05) is 12.4 Å². The Labute approximate surface area is 157 Å². The summed E-state index contributed by atoms with van der Waals surface area (Å²) >= 11 is 5.28. The molecule has 126 valence electrons. The molecule has 2 heterocycles. The topological polar surface area (TPSA) is 39.4 Å². The number of rotatable bonds is 3. The van der Waals surface area contributed by atoms with Crippen LogP contribution in [0.3, 0.4) is 0 Å². The standard InChI is InChI=1S/C20H15BrO3S/c1-12-10-17-18(20(22)24-12)14(8-9-25-17)11-23-16-7-6-13-4-2-3-5-15(13)19(16)21/h2-8,10H,9,11H2,1H3. The summed E-state index contributed by atoms with van der Waals surface area (Å²) in [7, 11) is 0. The van der Waals surface area contributed by atoms with E-state index in [0.29, 0.717) is 17.9 Å². The van der Waals surface area contributed by atoms with Gasteiger partial charge in [-0.15, -0.1) is 11.8 Å². The van der Waals surface area contributed by atoms with Crippen LogP contribution < -0.4 is 10.4 Å². The summed E-state index contributed by atoms with van der Waals surface area (Å²) in [5.41, 5.74) is 1.20. The van der Waals surface area contributed by atoms with E-state index in [1.54, 1.807) is 18.7 Å². The van der Waals surface area contributed by atoms with Crippen LogP contribution in [0.1, 0.15) is 11.3 Å². The van der Waals surface area contributed by atoms with Gasteiger partial charge in [-0.25, -0.2) is 4.79 Å². The van der Waals surface area contributed by atoms with Crippen LogP contribution >= 0.6 is 27.7 Å². The second-order valence-corrected chi connectivity index (χ2v) is 7.67. The van der Waals surface area contributed by atoms with Crippen molar-refractivity contribution in [2.24, 2.45) is 0 Å². The highest BCUT2D eigenvalue weighted by Crippen LogP contribution is 2.35. The Hall–Kier alpha value is -1.98. The molecule has 0 saturated heterocycles. The van der Waals surface area contributed by atoms with Gasteiger partial charge in [0.25, 0.3) is 0 Å². The molecule has 0 atom stereocenters. The molecule has 0 radical (unpaired) electrons. The summed E-state index contributed by atoms with van der Waals surface area (Å²) in [6.07, 6.45) is 2.04. The first-order valence-corrected chi connectivity index (χ1v) is 9.68. The van der Waals surface area contributed by atoms with E-state index in [1.165, 1.54) is 0 Å². The Morgan fingerprint density at radius 3 is 2.96 bits per heavy atom. The fraction of sp³-hybridized carbons (Fsp3) is 0.150. The van der Waals surface area contributed by atoms with Crippen LogP contribution in [-0.2, 0) is 0 Å². The van der Waals surface area contributed by atoms with Gasteiger partial charge >= 0.3 is 5.63 Å². The minimum atomic E-state index is -0.297. The molecule has 25 heavy (non-hydrogen) atoms. The van der Waals surface area contributed by atoms with Crippen molar-refractivity contribution in [1.82, 2.24) is 0 Å². The monoisotopic (exact) mass is 414 g/mol. The lowest BCUT2D eigenvalue weighted by Crippen LogP contribution is -2.15. The zero-order valence-corrected chi connectivity index (χ0v) is 15.9. The molecule has 4 rings (SSSR count). The van der Waals surface area contributed by atoms with Gasteiger partial charge in [0.1, 0.15) is 18.1 Å². The average Bonchev–Trinajstić information content (AvgIpc) is 2.61. The quantitative estimate of drug-likeness (QED) is 0.572. The molecule has 2 aromatic carbocycles. The van der Waals surface area contributed by atoms with Gasteiger partial charge in [-0.2, -0.15) is 0 Å². The van der Waals surface area contributed by atoms with Crippen molar-refractivity contribution < 1.29 is 9.15 Å². The SMILES string of the molecule is Cc1cc2c(c(=O)o1)C(COc1ccc3ccccc3c1Br)=CCS2. The van der Waals surface area contributed by atoms with Crippen LogP contribution in [-0.4, -0.2) is 12.4 Å². The third kappa shape index (κ3) is 3.14. The zero-order chi connectivity index (χ0) is 17.4. The number of halogens is 1. The molecule has 0 N–H and O–H groups in total. The number of hydrogen-bond donors (Lipinski definition) is 0. The molecule has 0 spiro atoms. The maximum absolute atomic E-state index is 12.3. The van der Waals surface area contributed by atoms with Gasteiger partial charge in [-0.3, -0.25) is 0 Å². The van der Waals surface area contributed by atoms with Crippen molar-refractivity contribution >= 4 is 44.0 Å². The van der Waals surface area contributed by atoms with E-state index >= 15 is 0 Å². The predicted octanol–water partition coefficient (Wildman–Crippen LogP) is 5.43. The van der Waals surface area contributed by atoms with E-state index in [-0.39, 0.29) is 5.63 Å². The van der Waals surface area contributed by atoms with E-state index in [1.807, 2.05) is 36.4 Å². The van der Waals surface area contributed by atoms with Gasteiger partial charge in [-0.05, 0) is 45.8 Å². The molecular weight excluding hydrogens is 400 g/mol. The van der Waals surface area contributed by atoms with Crippen molar-refractivity contribution in [3.63, 3.8) is 0 Å². The summed E-state index contributed by atoms with van der Waals surface area (Å²) in [5, 5.41) is 2.25. The van der Waals surface area contributed by atoms with Crippen molar-refractivity contribution in [2.45, 2.75) is 11.8 Å². The fourth-order valence-electron chi connectivity index (χ4n) is 2.93. The fourth-order valence-corrected chi connectivity index (χ4v) is 4.61. The highest BCUT2D eigenvalue weighted by atomic mass is 79.9. The molecule has 1 aromatic heterocycles. The third-order valence-corrected chi connectivity index (χ3v) is 5.92. The predicted molar refractivity (Wildman–Crippen MR) is 106 cm³/mol. The minimum Gasteiger partial charge on any atom is -0.488 e. The lowest BCUT2D eigenvalue weighted by molar-refractivity contribution is 0.366. The van der Waals surface area contributed by atoms with Gasteiger partial charge in [0.05, 0.1) is 10.0 Å². The Morgan fingerprint density at radius 2 is 2.08 bits per heavy atom. The molecule has 0 aliphatic carbocycles. The number of thioether (sulfide) groups is 1. The molecule has 0 bridgehead atoms. The van der Waals surface area contributed by atoms with Crippen molar-refractivity contribution in [3.05, 3.63) is 74.8 Å². The molecule has 0 saturated carbocycles. The van der Waals surface area contributed by atoms with E-state index in [9.17, 15) is 4.79 Å². The maximum Gasteiger partial charge on any atom is 0.344 e. The number of aryl methyl sites for hydroxylation is 1. The maximum atomic E-state index is 12.3. The molecule has 0 unspecified atom stereocenters. The number of fused-ring (bicyclic) bond motifs is 2. The highest BCUT2D eigenvalue weighted by molar-refractivity contribution is 9.10. The van der Waals surface area contributed by atoms with E-state index in [2.05, 4.69) is 28.1 Å². The second-order valence-electron chi connectivity index (χ2n) is 5.81. The molecule has 5 heteroatoms. The Kier molecular flexibility index (Phi) is 4.44. The Bertz CT molecular complexity index is 1050. The first-order chi connectivity index (χ1) is 12.1. The van der Waals surface area contributed by atoms with Gasteiger partial charge in [0, 0.05) is 16.2 Å². The summed E-state index contributed by atoms with van der Waals surface area (Å²) in [4.78, 5) is 13.2. The minimum absolute atomic E-state index is 0.297. The van der Waals surface area contributed by atoms with Crippen LogP contribution in [0.2, 0.25) is 0 Å². The number of benzene rings is 2. The van der Waals surface area contributed by atoms with Crippen LogP contribution in [0.4, 0.5) is 0 Å². The molecule has 1 aliphatic rings. The summed E-state index contributed by atoms with van der Waals surface area (Å²) in [5.74, 6) is 2.22. The van der Waals surface area contributed by atoms with Gasteiger partial charge in [0.2, 0.25) is 0 Å². The number of ether oxygens (including phenoxy) is 1. The summed E-state index contributed by atoms with van der Waals surface area (Å²) < 4.78 is 12.2. The van der Waals surface area contributed by atoms with E-state index < -0.39 is 0 Å². The van der Waals surface area contributed by atoms with Gasteiger partial charge in [-0.1, -0.05) is 36.4 Å². The average molecular weight is 415 g/mol. The molecule has 0 fully saturated rings. The molecular formula is C20H15BrO3S. The number of hydrogen-bond acceptors (Lipinski definition) is 4. The summed E-state index contributed by atoms with van der Waals surface area (Å²) in [6.45, 7) is 2.13. The zero-order valence-electron chi connectivity index (χ0n) is 13.5. The van der Waals surface area contributed by atoms with Crippen molar-refractivity contribution in [1.29, 1.82) is 0 Å². The Balaban J connectivity index is 1.64. The largest absolute Gasteiger partial charge is 0.488 e. The Morgan fingerprint density at radius 1 is 1.24 bits per heavy atom. The third-order valence-electron chi connectivity index (χ3n) is 4.14. The second kappa shape index (κ2) is 6.73. The van der Waals surface area contributed by atoms with E-state index in [4.69, 9.17) is 9.15 Å². The normalized spacial score (nSPS) is 13.4. The van der Waals surface area contributed by atoms with Gasteiger partial charge in [0.15, 0.2) is 0 Å². The summed E-state index contributed by atoms with van der Waals surface area (Å²) in [6, 6.07) is 14.0. The highest BCUT2D eigenvalue weighted by Gasteiger charge is 2.20. The van der Waals surface area contributed by atoms with Crippen LogP contribution in [0.5, 0.6) is 5.75 Å². The van der Waals surface area contributed by atoms with Gasteiger partial charge < -0.3 is 9.15 Å². The first kappa shape index (κ1) is 16.5. The van der Waals surface area contributed by atoms with E-state index in [0.717, 1.165) is 37.2 Å². The van der Waals surface area contributed by atoms with Crippen LogP contribution in [0.15, 0.2) is 67.1 Å². The molecule has 0 amide bonds.